The van der Waals surface area contributed by atoms with E-state index in [1.807, 2.05) is 27.7 Å². The largest absolute Gasteiger partial charge is 0.357 e. The number of hydrogen-bond acceptors (Lipinski definition) is 2. The van der Waals surface area contributed by atoms with E-state index >= 15 is 0 Å². The zero-order valence-electron chi connectivity index (χ0n) is 10.8. The third-order valence-electron chi connectivity index (χ3n) is 1.75. The average molecular weight is 228 g/mol. The molecule has 0 rings (SSSR count). The summed E-state index contributed by atoms with van der Waals surface area (Å²) >= 11 is 0. The highest BCUT2D eigenvalue weighted by atomic mass is 16.1. The minimum atomic E-state index is 0.0473. The lowest BCUT2D eigenvalue weighted by Gasteiger charge is -2.09. The van der Waals surface area contributed by atoms with Crippen molar-refractivity contribution >= 4 is 11.9 Å². The molecular weight excluding hydrogens is 204 g/mol. The first kappa shape index (κ1) is 14.7. The van der Waals surface area contributed by atoms with Crippen molar-refractivity contribution in [1.29, 1.82) is 0 Å². The van der Waals surface area contributed by atoms with Crippen molar-refractivity contribution in [2.75, 3.05) is 19.6 Å². The second-order valence-electron chi connectivity index (χ2n) is 3.76. The van der Waals surface area contributed by atoms with Crippen LogP contribution in [0.25, 0.3) is 0 Å². The molecule has 0 aliphatic carbocycles. The summed E-state index contributed by atoms with van der Waals surface area (Å²) in [4.78, 5) is 15.6. The molecule has 94 valence electrons. The zero-order chi connectivity index (χ0) is 12.4. The second-order valence-corrected chi connectivity index (χ2v) is 3.76. The van der Waals surface area contributed by atoms with Crippen LogP contribution < -0.4 is 16.0 Å². The highest BCUT2D eigenvalue weighted by Crippen LogP contribution is 1.85. The first-order valence-electron chi connectivity index (χ1n) is 5.91. The summed E-state index contributed by atoms with van der Waals surface area (Å²) in [5, 5.41) is 9.04. The van der Waals surface area contributed by atoms with E-state index in [4.69, 9.17) is 0 Å². The Morgan fingerprint density at radius 2 is 1.75 bits per heavy atom. The topological polar surface area (TPSA) is 65.5 Å². The van der Waals surface area contributed by atoms with E-state index in [1.54, 1.807) is 0 Å². The molecule has 0 unspecified atom stereocenters. The normalized spacial score (nSPS) is 9.81. The van der Waals surface area contributed by atoms with Crippen molar-refractivity contribution in [2.45, 2.75) is 40.2 Å². The highest BCUT2D eigenvalue weighted by molar-refractivity contribution is 5.80. The van der Waals surface area contributed by atoms with E-state index in [1.165, 1.54) is 0 Å². The number of nitrogens with one attached hydrogen (secondary N) is 3. The fraction of sp³-hybridized carbons (Fsp3) is 0.818. The van der Waals surface area contributed by atoms with Gasteiger partial charge in [0.25, 0.3) is 0 Å². The number of carbonyl (C=O) groups is 1. The van der Waals surface area contributed by atoms with Crippen LogP contribution in [0.15, 0.2) is 4.99 Å². The lowest BCUT2D eigenvalue weighted by atomic mass is 10.3. The van der Waals surface area contributed by atoms with E-state index < -0.39 is 0 Å². The zero-order valence-corrected chi connectivity index (χ0v) is 10.8. The van der Waals surface area contributed by atoms with Crippen molar-refractivity contribution in [1.82, 2.24) is 16.0 Å². The first-order valence-corrected chi connectivity index (χ1v) is 5.91. The van der Waals surface area contributed by atoms with Gasteiger partial charge in [0.1, 0.15) is 0 Å². The van der Waals surface area contributed by atoms with Crippen molar-refractivity contribution in [3.05, 3.63) is 0 Å². The smallest absolute Gasteiger partial charge is 0.222 e. The van der Waals surface area contributed by atoms with Gasteiger partial charge < -0.3 is 16.0 Å². The summed E-state index contributed by atoms with van der Waals surface area (Å²) in [7, 11) is 0. The number of amides is 1. The molecule has 5 nitrogen and oxygen atoms in total. The van der Waals surface area contributed by atoms with Gasteiger partial charge in [-0.25, -0.2) is 0 Å². The molecule has 0 bridgehead atoms. The van der Waals surface area contributed by atoms with Gasteiger partial charge in [0.15, 0.2) is 5.96 Å². The van der Waals surface area contributed by atoms with Crippen LogP contribution in [-0.4, -0.2) is 37.5 Å². The van der Waals surface area contributed by atoms with E-state index in [0.717, 1.165) is 19.0 Å². The molecule has 1 amide bonds. The van der Waals surface area contributed by atoms with E-state index in [0.29, 0.717) is 13.0 Å². The van der Waals surface area contributed by atoms with E-state index in [9.17, 15) is 4.79 Å². The summed E-state index contributed by atoms with van der Waals surface area (Å²) in [6.07, 6.45) is 0.429. The Hall–Kier alpha value is -1.26. The monoisotopic (exact) mass is 228 g/mol. The predicted octanol–water partition coefficient (Wildman–Crippen LogP) is 0.476. The number of carbonyl (C=O) groups excluding carboxylic acids is 1. The molecule has 0 atom stereocenters. The molecule has 0 aromatic heterocycles. The third-order valence-corrected chi connectivity index (χ3v) is 1.75. The SMILES string of the molecule is CCNC(=NCCC(=O)NC(C)C)NCC. The van der Waals surface area contributed by atoms with Gasteiger partial charge in [0.05, 0.1) is 6.54 Å². The van der Waals surface area contributed by atoms with E-state index in [2.05, 4.69) is 20.9 Å². The number of rotatable bonds is 6. The van der Waals surface area contributed by atoms with Crippen molar-refractivity contribution in [3.63, 3.8) is 0 Å². The summed E-state index contributed by atoms with van der Waals surface area (Å²) < 4.78 is 0. The molecule has 0 heterocycles. The molecule has 0 fully saturated rings. The number of hydrogen-bond donors (Lipinski definition) is 3. The molecule has 5 heteroatoms. The standard InChI is InChI=1S/C11H24N4O/c1-5-12-11(13-6-2)14-8-7-10(16)15-9(3)4/h9H,5-8H2,1-4H3,(H,15,16)(H2,12,13,14). The highest BCUT2D eigenvalue weighted by Gasteiger charge is 2.02. The summed E-state index contributed by atoms with van der Waals surface area (Å²) in [5.41, 5.74) is 0. The molecule has 0 aromatic rings. The van der Waals surface area contributed by atoms with Gasteiger partial charge in [-0.15, -0.1) is 0 Å². The Morgan fingerprint density at radius 1 is 1.19 bits per heavy atom. The third kappa shape index (κ3) is 8.08. The molecule has 0 saturated carbocycles. The maximum absolute atomic E-state index is 11.3. The second kappa shape index (κ2) is 9.00. The predicted molar refractivity (Wildman–Crippen MR) is 67.6 cm³/mol. The maximum atomic E-state index is 11.3. The van der Waals surface area contributed by atoms with Gasteiger partial charge in [0, 0.05) is 25.6 Å². The van der Waals surface area contributed by atoms with Crippen LogP contribution >= 0.6 is 0 Å². The van der Waals surface area contributed by atoms with Crippen LogP contribution in [0.2, 0.25) is 0 Å². The lowest BCUT2D eigenvalue weighted by Crippen LogP contribution is -2.37. The fourth-order valence-electron chi connectivity index (χ4n) is 1.17. The summed E-state index contributed by atoms with van der Waals surface area (Å²) in [6, 6.07) is 0.193. The Labute approximate surface area is 98.1 Å². The lowest BCUT2D eigenvalue weighted by molar-refractivity contribution is -0.121. The Balaban J connectivity index is 3.88. The van der Waals surface area contributed by atoms with Crippen LogP contribution in [0.4, 0.5) is 0 Å². The van der Waals surface area contributed by atoms with E-state index in [-0.39, 0.29) is 11.9 Å². The van der Waals surface area contributed by atoms with Crippen LogP contribution in [-0.2, 0) is 4.79 Å². The molecule has 0 aliphatic heterocycles. The van der Waals surface area contributed by atoms with Gasteiger partial charge in [-0.05, 0) is 27.7 Å². The number of nitrogens with zero attached hydrogens (tertiary/aromatic N) is 1. The summed E-state index contributed by atoms with van der Waals surface area (Å²) in [5.74, 6) is 0.813. The quantitative estimate of drug-likeness (QED) is 0.457. The van der Waals surface area contributed by atoms with Gasteiger partial charge in [-0.3, -0.25) is 9.79 Å². The van der Waals surface area contributed by atoms with Crippen LogP contribution in [0.5, 0.6) is 0 Å². The molecule has 0 spiro atoms. The van der Waals surface area contributed by atoms with Gasteiger partial charge in [0.2, 0.25) is 5.91 Å². The Bertz CT molecular complexity index is 218. The average Bonchev–Trinajstić information content (AvgIpc) is 2.17. The minimum absolute atomic E-state index is 0.0473. The van der Waals surface area contributed by atoms with Crippen LogP contribution in [0.3, 0.4) is 0 Å². The van der Waals surface area contributed by atoms with Crippen molar-refractivity contribution < 1.29 is 4.79 Å². The van der Waals surface area contributed by atoms with Crippen LogP contribution in [0.1, 0.15) is 34.1 Å². The molecule has 0 aliphatic rings. The number of guanidine groups is 1. The molecule has 3 N–H and O–H groups in total. The van der Waals surface area contributed by atoms with Gasteiger partial charge in [-0.2, -0.15) is 0 Å². The fourth-order valence-corrected chi connectivity index (χ4v) is 1.17. The number of aliphatic imine (C=N–C) groups is 1. The van der Waals surface area contributed by atoms with Gasteiger partial charge in [-0.1, -0.05) is 0 Å². The maximum Gasteiger partial charge on any atom is 0.222 e. The first-order chi connectivity index (χ1) is 7.60. The van der Waals surface area contributed by atoms with Crippen molar-refractivity contribution in [2.24, 2.45) is 4.99 Å². The molecular formula is C11H24N4O. The Morgan fingerprint density at radius 3 is 2.19 bits per heavy atom. The summed E-state index contributed by atoms with van der Waals surface area (Å²) in [6.45, 7) is 10.1. The minimum Gasteiger partial charge on any atom is -0.357 e. The van der Waals surface area contributed by atoms with Crippen molar-refractivity contribution in [3.8, 4) is 0 Å². The molecule has 16 heavy (non-hydrogen) atoms. The van der Waals surface area contributed by atoms with Crippen LogP contribution in [0, 0.1) is 0 Å². The molecule has 0 saturated heterocycles. The van der Waals surface area contributed by atoms with Gasteiger partial charge >= 0.3 is 0 Å². The Kier molecular flexibility index (Phi) is 8.29. The molecule has 0 radical (unpaired) electrons. The molecule has 0 aromatic carbocycles.